The van der Waals surface area contributed by atoms with Crippen molar-refractivity contribution in [1.29, 1.82) is 5.26 Å². The topological polar surface area (TPSA) is 44.1 Å². The largest absolute Gasteiger partial charge is 0.314 e. The van der Waals surface area contributed by atoms with Gasteiger partial charge in [-0.05, 0) is 24.5 Å². The maximum atomic E-state index is 12.2. The lowest BCUT2D eigenvalue weighted by molar-refractivity contribution is -0.121. The van der Waals surface area contributed by atoms with Crippen LogP contribution >= 0.6 is 0 Å². The second-order valence-electron chi connectivity index (χ2n) is 4.53. The van der Waals surface area contributed by atoms with Crippen LogP contribution in [-0.2, 0) is 4.79 Å². The fourth-order valence-electron chi connectivity index (χ4n) is 1.76. The Morgan fingerprint density at radius 2 is 1.94 bits per heavy atom. The van der Waals surface area contributed by atoms with Gasteiger partial charge in [-0.15, -0.1) is 0 Å². The van der Waals surface area contributed by atoms with Crippen LogP contribution in [0.25, 0.3) is 0 Å². The Bertz CT molecular complexity index is 446. The Morgan fingerprint density at radius 3 is 2.41 bits per heavy atom. The molecule has 1 rings (SSSR count). The molecule has 90 valence electrons. The van der Waals surface area contributed by atoms with Crippen molar-refractivity contribution in [2.45, 2.75) is 20.8 Å². The van der Waals surface area contributed by atoms with E-state index in [1.807, 2.05) is 45.0 Å². The van der Waals surface area contributed by atoms with Crippen LogP contribution in [0.4, 0.5) is 5.69 Å². The molecule has 0 heterocycles. The average molecular weight is 230 g/mol. The van der Waals surface area contributed by atoms with Gasteiger partial charge in [-0.2, -0.15) is 5.26 Å². The molecule has 0 bridgehead atoms. The third-order valence-electron chi connectivity index (χ3n) is 2.88. The molecule has 3 nitrogen and oxygen atoms in total. The standard InChI is InChI=1S/C14H18N2O/c1-10(2)12(9-15)14(17)16(4)13-8-6-5-7-11(13)3/h5-8,10,12H,1-4H3. The van der Waals surface area contributed by atoms with Gasteiger partial charge in [0.05, 0.1) is 6.07 Å². The highest BCUT2D eigenvalue weighted by Crippen LogP contribution is 2.21. The lowest BCUT2D eigenvalue weighted by Gasteiger charge is -2.23. The molecule has 1 amide bonds. The van der Waals surface area contributed by atoms with Crippen LogP contribution in [0.1, 0.15) is 19.4 Å². The minimum Gasteiger partial charge on any atom is -0.314 e. The Hall–Kier alpha value is -1.82. The fourth-order valence-corrected chi connectivity index (χ4v) is 1.76. The lowest BCUT2D eigenvalue weighted by Crippen LogP contribution is -2.35. The van der Waals surface area contributed by atoms with Crippen LogP contribution in [0.15, 0.2) is 24.3 Å². The summed E-state index contributed by atoms with van der Waals surface area (Å²) >= 11 is 0. The molecular formula is C14H18N2O. The second-order valence-corrected chi connectivity index (χ2v) is 4.53. The highest BCUT2D eigenvalue weighted by molar-refractivity contribution is 5.96. The van der Waals surface area contributed by atoms with Crippen molar-refractivity contribution in [3.05, 3.63) is 29.8 Å². The third-order valence-corrected chi connectivity index (χ3v) is 2.88. The smallest absolute Gasteiger partial charge is 0.244 e. The van der Waals surface area contributed by atoms with Gasteiger partial charge in [0.1, 0.15) is 5.92 Å². The first kappa shape index (κ1) is 13.2. The van der Waals surface area contributed by atoms with Gasteiger partial charge < -0.3 is 4.90 Å². The van der Waals surface area contributed by atoms with Gasteiger partial charge in [0.15, 0.2) is 0 Å². The molecule has 0 saturated carbocycles. The number of hydrogen-bond acceptors (Lipinski definition) is 2. The van der Waals surface area contributed by atoms with Crippen molar-refractivity contribution >= 4 is 11.6 Å². The van der Waals surface area contributed by atoms with Crippen LogP contribution < -0.4 is 4.90 Å². The molecule has 0 aliphatic heterocycles. The molecule has 0 N–H and O–H groups in total. The summed E-state index contributed by atoms with van der Waals surface area (Å²) < 4.78 is 0. The fraction of sp³-hybridized carbons (Fsp3) is 0.429. The van der Waals surface area contributed by atoms with Crippen molar-refractivity contribution in [3.63, 3.8) is 0 Å². The van der Waals surface area contributed by atoms with E-state index in [4.69, 9.17) is 5.26 Å². The van der Waals surface area contributed by atoms with Crippen LogP contribution in [0.3, 0.4) is 0 Å². The quantitative estimate of drug-likeness (QED) is 0.801. The van der Waals surface area contributed by atoms with E-state index < -0.39 is 5.92 Å². The number of nitriles is 1. The highest BCUT2D eigenvalue weighted by atomic mass is 16.2. The van der Waals surface area contributed by atoms with E-state index in [0.717, 1.165) is 11.3 Å². The van der Waals surface area contributed by atoms with E-state index in [9.17, 15) is 4.79 Å². The Kier molecular flexibility index (Phi) is 4.28. The van der Waals surface area contributed by atoms with Crippen molar-refractivity contribution in [2.24, 2.45) is 11.8 Å². The first-order valence-electron chi connectivity index (χ1n) is 5.71. The number of amides is 1. The van der Waals surface area contributed by atoms with Crippen molar-refractivity contribution in [2.75, 3.05) is 11.9 Å². The molecule has 3 heteroatoms. The molecule has 0 radical (unpaired) electrons. The summed E-state index contributed by atoms with van der Waals surface area (Å²) in [5, 5.41) is 9.03. The van der Waals surface area contributed by atoms with Gasteiger partial charge in [0.25, 0.3) is 0 Å². The van der Waals surface area contributed by atoms with E-state index >= 15 is 0 Å². The third kappa shape index (κ3) is 2.85. The summed E-state index contributed by atoms with van der Waals surface area (Å²) in [7, 11) is 1.72. The second kappa shape index (κ2) is 5.49. The molecular weight excluding hydrogens is 212 g/mol. The number of hydrogen-bond donors (Lipinski definition) is 0. The number of carbonyl (C=O) groups is 1. The van der Waals surface area contributed by atoms with E-state index in [0.29, 0.717) is 0 Å². The molecule has 0 aliphatic carbocycles. The monoisotopic (exact) mass is 230 g/mol. The van der Waals surface area contributed by atoms with Crippen molar-refractivity contribution in [1.82, 2.24) is 0 Å². The van der Waals surface area contributed by atoms with Gasteiger partial charge in [-0.1, -0.05) is 32.0 Å². The minimum absolute atomic E-state index is 0.0268. The van der Waals surface area contributed by atoms with Gasteiger partial charge in [-0.25, -0.2) is 0 Å². The summed E-state index contributed by atoms with van der Waals surface area (Å²) in [6.45, 7) is 5.73. The number of anilines is 1. The summed E-state index contributed by atoms with van der Waals surface area (Å²) in [5.41, 5.74) is 1.89. The van der Waals surface area contributed by atoms with Crippen LogP contribution in [0, 0.1) is 30.1 Å². The van der Waals surface area contributed by atoms with Gasteiger partial charge >= 0.3 is 0 Å². The molecule has 1 unspecified atom stereocenters. The van der Waals surface area contributed by atoms with Gasteiger partial charge in [0.2, 0.25) is 5.91 Å². The van der Waals surface area contributed by atoms with Crippen molar-refractivity contribution < 1.29 is 4.79 Å². The highest BCUT2D eigenvalue weighted by Gasteiger charge is 2.26. The number of carbonyl (C=O) groups excluding carboxylic acids is 1. The SMILES string of the molecule is Cc1ccccc1N(C)C(=O)C(C#N)C(C)C. The van der Waals surface area contributed by atoms with E-state index in [1.54, 1.807) is 11.9 Å². The minimum atomic E-state index is -0.584. The summed E-state index contributed by atoms with van der Waals surface area (Å²) in [6.07, 6.45) is 0. The molecule has 0 spiro atoms. The average Bonchev–Trinajstić information content (AvgIpc) is 2.29. The predicted molar refractivity (Wildman–Crippen MR) is 68.5 cm³/mol. The normalized spacial score (nSPS) is 12.0. The molecule has 17 heavy (non-hydrogen) atoms. The van der Waals surface area contributed by atoms with Crippen LogP contribution in [-0.4, -0.2) is 13.0 Å². The molecule has 0 fully saturated rings. The number of aryl methyl sites for hydroxylation is 1. The zero-order chi connectivity index (χ0) is 13.0. The summed E-state index contributed by atoms with van der Waals surface area (Å²) in [5.74, 6) is -0.699. The number of para-hydroxylation sites is 1. The van der Waals surface area contributed by atoms with Crippen LogP contribution in [0.5, 0.6) is 0 Å². The predicted octanol–water partition coefficient (Wildman–Crippen LogP) is 2.75. The number of benzene rings is 1. The van der Waals surface area contributed by atoms with E-state index in [1.165, 1.54) is 0 Å². The van der Waals surface area contributed by atoms with Crippen LogP contribution in [0.2, 0.25) is 0 Å². The number of rotatable bonds is 3. The zero-order valence-corrected chi connectivity index (χ0v) is 10.8. The molecule has 0 aromatic heterocycles. The van der Waals surface area contributed by atoms with Gasteiger partial charge in [-0.3, -0.25) is 4.79 Å². The molecule has 1 atom stereocenters. The molecule has 0 saturated heterocycles. The summed E-state index contributed by atoms with van der Waals surface area (Å²) in [6, 6.07) is 9.75. The first-order valence-corrected chi connectivity index (χ1v) is 5.71. The van der Waals surface area contributed by atoms with Crippen molar-refractivity contribution in [3.8, 4) is 6.07 Å². The molecule has 1 aromatic carbocycles. The lowest BCUT2D eigenvalue weighted by atomic mass is 9.95. The maximum absolute atomic E-state index is 12.2. The molecule has 1 aromatic rings. The zero-order valence-electron chi connectivity index (χ0n) is 10.8. The van der Waals surface area contributed by atoms with E-state index in [-0.39, 0.29) is 11.8 Å². The Balaban J connectivity index is 2.99. The molecule has 0 aliphatic rings. The Labute approximate surface area is 103 Å². The Morgan fingerprint density at radius 1 is 1.35 bits per heavy atom. The number of nitrogens with zero attached hydrogens (tertiary/aromatic N) is 2. The maximum Gasteiger partial charge on any atom is 0.244 e. The summed E-state index contributed by atoms with van der Waals surface area (Å²) in [4.78, 5) is 13.7. The van der Waals surface area contributed by atoms with E-state index in [2.05, 4.69) is 6.07 Å². The van der Waals surface area contributed by atoms with Gasteiger partial charge in [0, 0.05) is 12.7 Å². The first-order chi connectivity index (χ1) is 7.99.